The molecular formula is C38H38ClN7O5. The molecule has 6 amide bonds. The second-order valence-corrected chi connectivity index (χ2v) is 14.1. The van der Waals surface area contributed by atoms with Crippen LogP contribution in [-0.4, -0.2) is 88.2 Å². The highest BCUT2D eigenvalue weighted by molar-refractivity contribution is 6.38. The van der Waals surface area contributed by atoms with Crippen LogP contribution < -0.4 is 15.1 Å². The Hall–Kier alpha value is -5.23. The van der Waals surface area contributed by atoms with Gasteiger partial charge < -0.3 is 14.8 Å². The number of nitrogens with zero attached hydrogens (tertiary/aromatic N) is 5. The zero-order valence-corrected chi connectivity index (χ0v) is 29.0. The van der Waals surface area contributed by atoms with Crippen LogP contribution in [0.4, 0.5) is 16.2 Å². The fourth-order valence-electron chi connectivity index (χ4n) is 7.97. The summed E-state index contributed by atoms with van der Waals surface area (Å²) in [6, 6.07) is 12.2. The minimum Gasteiger partial charge on any atom is -0.371 e. The Morgan fingerprint density at radius 3 is 2.47 bits per heavy atom. The third-order valence-electron chi connectivity index (χ3n) is 10.8. The van der Waals surface area contributed by atoms with Crippen LogP contribution in [0.2, 0.25) is 5.02 Å². The minimum absolute atomic E-state index is 0.00165. The summed E-state index contributed by atoms with van der Waals surface area (Å²) in [6.45, 7) is 5.60. The maximum Gasteiger partial charge on any atom is 0.324 e. The van der Waals surface area contributed by atoms with Crippen molar-refractivity contribution in [3.63, 3.8) is 0 Å². The number of carbonyl (C=O) groups is 5. The number of fused-ring (bicyclic) bond motifs is 2. The number of pyridine rings is 1. The number of imide groups is 2. The number of benzene rings is 2. The van der Waals surface area contributed by atoms with E-state index in [9.17, 15) is 24.0 Å². The van der Waals surface area contributed by atoms with Crippen molar-refractivity contribution in [1.82, 2.24) is 25.1 Å². The van der Waals surface area contributed by atoms with Crippen LogP contribution in [0.1, 0.15) is 65.3 Å². The maximum atomic E-state index is 13.9. The number of hydrogen-bond acceptors (Lipinski definition) is 7. The zero-order valence-electron chi connectivity index (χ0n) is 28.3. The molecule has 0 bridgehead atoms. The second-order valence-electron chi connectivity index (χ2n) is 13.8. The van der Waals surface area contributed by atoms with Gasteiger partial charge in [0.2, 0.25) is 11.8 Å². The molecule has 1 atom stereocenters. The Labute approximate surface area is 299 Å². The van der Waals surface area contributed by atoms with Gasteiger partial charge in [-0.05, 0) is 79.5 Å². The molecule has 2 N–H and O–H groups in total. The standard InChI is InChI=1S/C38H38ClN7O5/c1-2-23-19-40-34-32(23)33(39)29(20-41-34)24-5-3-6-26(17-24)45-14-4-13-44(38(45)51)21-22-11-15-43(16-12-22)25-7-8-27-28(18-25)37(50)46(36(27)49)30-9-10-31(47)42-35(30)48/h3,5-8,17-20,22,30H,2,4,9-16,21H2,1H3,(H,40,41)(H,42,47,48). The van der Waals surface area contributed by atoms with Crippen molar-refractivity contribution in [2.45, 2.75) is 51.5 Å². The highest BCUT2D eigenvalue weighted by Gasteiger charge is 2.45. The Morgan fingerprint density at radius 1 is 0.882 bits per heavy atom. The van der Waals surface area contributed by atoms with Crippen molar-refractivity contribution in [3.05, 3.63) is 76.6 Å². The molecular weight excluding hydrogens is 670 g/mol. The van der Waals surface area contributed by atoms with Crippen molar-refractivity contribution >= 4 is 63.7 Å². The van der Waals surface area contributed by atoms with Gasteiger partial charge in [0.1, 0.15) is 11.7 Å². The largest absolute Gasteiger partial charge is 0.371 e. The Kier molecular flexibility index (Phi) is 8.49. The third-order valence-corrected chi connectivity index (χ3v) is 11.2. The van der Waals surface area contributed by atoms with E-state index in [-0.39, 0.29) is 30.0 Å². The van der Waals surface area contributed by atoms with Gasteiger partial charge in [0.15, 0.2) is 0 Å². The lowest BCUT2D eigenvalue weighted by Gasteiger charge is -2.40. The first-order valence-electron chi connectivity index (χ1n) is 17.6. The number of rotatable bonds is 7. The summed E-state index contributed by atoms with van der Waals surface area (Å²) in [5, 5.41) is 3.82. The van der Waals surface area contributed by atoms with E-state index in [1.165, 1.54) is 0 Å². The van der Waals surface area contributed by atoms with Gasteiger partial charge in [-0.25, -0.2) is 9.78 Å². The molecule has 13 heteroatoms. The van der Waals surface area contributed by atoms with E-state index in [0.717, 1.165) is 82.8 Å². The van der Waals surface area contributed by atoms with Crippen molar-refractivity contribution in [2.75, 3.05) is 42.5 Å². The molecule has 3 saturated heterocycles. The lowest BCUT2D eigenvalue weighted by molar-refractivity contribution is -0.136. The second kappa shape index (κ2) is 13.1. The number of aryl methyl sites for hydroxylation is 1. The van der Waals surface area contributed by atoms with Crippen molar-refractivity contribution < 1.29 is 24.0 Å². The molecule has 262 valence electrons. The summed E-state index contributed by atoms with van der Waals surface area (Å²) in [7, 11) is 0. The summed E-state index contributed by atoms with van der Waals surface area (Å²) in [5.41, 5.74) is 5.85. The first-order valence-corrected chi connectivity index (χ1v) is 18.0. The first kappa shape index (κ1) is 32.9. The quantitative estimate of drug-likeness (QED) is 0.246. The summed E-state index contributed by atoms with van der Waals surface area (Å²) < 4.78 is 0. The predicted molar refractivity (Wildman–Crippen MR) is 193 cm³/mol. The van der Waals surface area contributed by atoms with Crippen LogP contribution in [0.3, 0.4) is 0 Å². The first-order chi connectivity index (χ1) is 24.7. The van der Waals surface area contributed by atoms with E-state index >= 15 is 0 Å². The van der Waals surface area contributed by atoms with Crippen LogP contribution in [0.25, 0.3) is 22.2 Å². The van der Waals surface area contributed by atoms with Gasteiger partial charge in [-0.1, -0.05) is 30.7 Å². The fraction of sp³-hybridized carbons (Fsp3) is 0.368. The van der Waals surface area contributed by atoms with Crippen LogP contribution in [0.5, 0.6) is 0 Å². The summed E-state index contributed by atoms with van der Waals surface area (Å²) >= 11 is 6.92. The third kappa shape index (κ3) is 5.81. The van der Waals surface area contributed by atoms with E-state index in [4.69, 9.17) is 11.6 Å². The zero-order chi connectivity index (χ0) is 35.4. The minimum atomic E-state index is -0.989. The number of nitrogens with one attached hydrogen (secondary N) is 2. The van der Waals surface area contributed by atoms with E-state index < -0.39 is 29.7 Å². The summed E-state index contributed by atoms with van der Waals surface area (Å²) in [5.74, 6) is -1.71. The molecule has 4 aliphatic rings. The lowest BCUT2D eigenvalue weighted by Crippen LogP contribution is -2.54. The molecule has 0 aliphatic carbocycles. The highest BCUT2D eigenvalue weighted by atomic mass is 35.5. The lowest BCUT2D eigenvalue weighted by atomic mass is 9.95. The van der Waals surface area contributed by atoms with E-state index in [2.05, 4.69) is 27.1 Å². The summed E-state index contributed by atoms with van der Waals surface area (Å²) in [6.07, 6.45) is 7.39. The van der Waals surface area contributed by atoms with Crippen LogP contribution in [0.15, 0.2) is 54.9 Å². The number of anilines is 2. The molecule has 0 spiro atoms. The van der Waals surface area contributed by atoms with Crippen molar-refractivity contribution in [3.8, 4) is 11.1 Å². The number of halogens is 1. The van der Waals surface area contributed by atoms with Gasteiger partial charge in [-0.2, -0.15) is 0 Å². The average Bonchev–Trinajstić information content (AvgIpc) is 3.68. The normalized spacial score (nSPS) is 20.1. The number of aromatic nitrogens is 2. The number of amides is 6. The molecule has 8 rings (SSSR count). The highest BCUT2D eigenvalue weighted by Crippen LogP contribution is 2.37. The number of urea groups is 1. The molecule has 1 unspecified atom stereocenters. The maximum absolute atomic E-state index is 13.9. The predicted octanol–water partition coefficient (Wildman–Crippen LogP) is 5.40. The molecule has 2 aromatic carbocycles. The molecule has 4 aliphatic heterocycles. The van der Waals surface area contributed by atoms with Crippen molar-refractivity contribution in [1.29, 1.82) is 0 Å². The van der Waals surface area contributed by atoms with Gasteiger partial charge in [-0.3, -0.25) is 34.3 Å². The van der Waals surface area contributed by atoms with Gasteiger partial charge in [0, 0.05) is 73.9 Å². The molecule has 51 heavy (non-hydrogen) atoms. The molecule has 3 fully saturated rings. The number of piperidine rings is 2. The Morgan fingerprint density at radius 2 is 1.69 bits per heavy atom. The number of aromatic amines is 1. The number of H-pyrrole nitrogens is 1. The summed E-state index contributed by atoms with van der Waals surface area (Å²) in [4.78, 5) is 79.2. The number of carbonyl (C=O) groups excluding carboxylic acids is 5. The molecule has 12 nitrogen and oxygen atoms in total. The van der Waals surface area contributed by atoms with Crippen LogP contribution in [0, 0.1) is 5.92 Å². The monoisotopic (exact) mass is 707 g/mol. The SMILES string of the molecule is CCc1c[nH]c2ncc(-c3cccc(N4CCCN(CC5CCN(c6ccc7c(c6)C(=O)N(C6CCC(=O)NC6=O)C7=O)CC5)C4=O)c3)c(Cl)c12. The molecule has 4 aromatic rings. The molecule has 6 heterocycles. The smallest absolute Gasteiger partial charge is 0.324 e. The Bertz CT molecular complexity index is 2110. The van der Waals surface area contributed by atoms with Crippen molar-refractivity contribution in [2.24, 2.45) is 5.92 Å². The van der Waals surface area contributed by atoms with Gasteiger partial charge in [0.25, 0.3) is 11.8 Å². The van der Waals surface area contributed by atoms with Gasteiger partial charge in [-0.15, -0.1) is 0 Å². The fourth-order valence-corrected chi connectivity index (χ4v) is 8.34. The molecule has 0 saturated carbocycles. The molecule has 0 radical (unpaired) electrons. The van der Waals surface area contributed by atoms with Gasteiger partial charge >= 0.3 is 6.03 Å². The number of hydrogen-bond donors (Lipinski definition) is 2. The average molecular weight is 708 g/mol. The van der Waals surface area contributed by atoms with Crippen LogP contribution in [-0.2, 0) is 16.0 Å². The van der Waals surface area contributed by atoms with E-state index in [1.54, 1.807) is 18.3 Å². The Balaban J connectivity index is 0.913. The molecule has 2 aromatic heterocycles. The van der Waals surface area contributed by atoms with Crippen LogP contribution >= 0.6 is 11.6 Å². The van der Waals surface area contributed by atoms with E-state index in [1.807, 2.05) is 46.3 Å². The van der Waals surface area contributed by atoms with E-state index in [0.29, 0.717) is 30.6 Å². The topological polar surface area (TPSA) is 139 Å². The van der Waals surface area contributed by atoms with Gasteiger partial charge in [0.05, 0.1) is 16.1 Å².